The Bertz CT molecular complexity index is 1830. The van der Waals surface area contributed by atoms with Gasteiger partial charge in [-0.05, 0) is 67.0 Å². The van der Waals surface area contributed by atoms with Crippen LogP contribution in [0.5, 0.6) is 5.75 Å². The van der Waals surface area contributed by atoms with Crippen LogP contribution in [-0.2, 0) is 21.4 Å². The summed E-state index contributed by atoms with van der Waals surface area (Å²) in [7, 11) is -4.04. The van der Waals surface area contributed by atoms with Gasteiger partial charge in [0.2, 0.25) is 15.9 Å². The Labute approximate surface area is 261 Å². The highest BCUT2D eigenvalue weighted by Gasteiger charge is 2.41. The van der Waals surface area contributed by atoms with E-state index in [1.54, 1.807) is 18.3 Å². The van der Waals surface area contributed by atoms with Crippen LogP contribution in [0, 0.1) is 0 Å². The maximum absolute atomic E-state index is 13.9. The summed E-state index contributed by atoms with van der Waals surface area (Å²) in [5.41, 5.74) is 2.20. The van der Waals surface area contributed by atoms with Gasteiger partial charge in [0.1, 0.15) is 17.6 Å². The van der Waals surface area contributed by atoms with Crippen molar-refractivity contribution in [2.24, 2.45) is 0 Å². The van der Waals surface area contributed by atoms with Crippen LogP contribution in [0.3, 0.4) is 0 Å². The molecule has 2 aromatic heterocycles. The van der Waals surface area contributed by atoms with Gasteiger partial charge < -0.3 is 15.0 Å². The molecule has 3 aliphatic rings. The number of thiazole rings is 1. The molecule has 2 aromatic carbocycles. The standard InChI is InChI=1S/C30H29F3N6O4S2/c31-30(32,33)43-22-9-1-18(2-10-22)15-35-28(40)24-17-38(29-37-27-25(44-29)16-34-26(36-27)21-5-6-21)13-14-39(24)45(41,42)23-11-7-20(8-12-23)19-3-4-19/h1-2,7-12,16,19,21,24H,3-6,13-15,17H2,(H,35,40)/t24-/m1/s1. The van der Waals surface area contributed by atoms with Crippen LogP contribution in [0.4, 0.5) is 18.3 Å². The van der Waals surface area contributed by atoms with E-state index in [-0.39, 0.29) is 30.3 Å². The van der Waals surface area contributed by atoms with Crippen molar-refractivity contribution < 1.29 is 31.1 Å². The third kappa shape index (κ3) is 6.60. The molecule has 4 aromatic rings. The summed E-state index contributed by atoms with van der Waals surface area (Å²) in [6.07, 6.45) is 1.25. The lowest BCUT2D eigenvalue weighted by Crippen LogP contribution is -2.60. The summed E-state index contributed by atoms with van der Waals surface area (Å²) in [5, 5.41) is 3.40. The number of aromatic nitrogens is 3. The molecule has 10 nitrogen and oxygen atoms in total. The Hall–Kier alpha value is -3.82. The number of rotatable bonds is 9. The number of amides is 1. The summed E-state index contributed by atoms with van der Waals surface area (Å²) in [6.45, 7) is 0.383. The molecule has 3 heterocycles. The lowest BCUT2D eigenvalue weighted by Gasteiger charge is -2.39. The second kappa shape index (κ2) is 11.5. The number of alkyl halides is 3. The molecule has 1 N–H and O–H groups in total. The highest BCUT2D eigenvalue weighted by molar-refractivity contribution is 7.89. The molecule has 3 fully saturated rings. The summed E-state index contributed by atoms with van der Waals surface area (Å²) < 4.78 is 71.4. The third-order valence-corrected chi connectivity index (χ3v) is 11.1. The van der Waals surface area contributed by atoms with E-state index in [0.29, 0.717) is 34.7 Å². The predicted molar refractivity (Wildman–Crippen MR) is 160 cm³/mol. The summed E-state index contributed by atoms with van der Waals surface area (Å²) in [5.74, 6) is 0.698. The fraction of sp³-hybridized carbons (Fsp3) is 0.400. The maximum Gasteiger partial charge on any atom is 0.573 e. The lowest BCUT2D eigenvalue weighted by atomic mass is 10.1. The van der Waals surface area contributed by atoms with E-state index in [9.17, 15) is 26.4 Å². The largest absolute Gasteiger partial charge is 0.573 e. The number of sulfonamides is 1. The molecule has 1 aliphatic heterocycles. The first-order valence-electron chi connectivity index (χ1n) is 14.7. The minimum Gasteiger partial charge on any atom is -0.406 e. The zero-order valence-corrected chi connectivity index (χ0v) is 25.5. The quantitative estimate of drug-likeness (QED) is 0.269. The van der Waals surface area contributed by atoms with Gasteiger partial charge in [-0.25, -0.2) is 18.4 Å². The maximum atomic E-state index is 13.9. The van der Waals surface area contributed by atoms with Crippen molar-refractivity contribution in [2.75, 3.05) is 24.5 Å². The Balaban J connectivity index is 1.12. The highest BCUT2D eigenvalue weighted by Crippen LogP contribution is 2.41. The van der Waals surface area contributed by atoms with Gasteiger partial charge in [0, 0.05) is 32.1 Å². The minimum atomic E-state index is -4.81. The first kappa shape index (κ1) is 29.9. The molecule has 236 valence electrons. The van der Waals surface area contributed by atoms with E-state index >= 15 is 0 Å². The van der Waals surface area contributed by atoms with Crippen LogP contribution in [0.1, 0.15) is 54.5 Å². The van der Waals surface area contributed by atoms with Gasteiger partial charge in [0.05, 0.1) is 15.8 Å². The van der Waals surface area contributed by atoms with Gasteiger partial charge >= 0.3 is 6.36 Å². The highest BCUT2D eigenvalue weighted by atomic mass is 32.2. The van der Waals surface area contributed by atoms with Gasteiger partial charge in [0.15, 0.2) is 10.8 Å². The Kier molecular flexibility index (Phi) is 7.64. The monoisotopic (exact) mass is 658 g/mol. The number of nitrogens with one attached hydrogen (secondary N) is 1. The Morgan fingerprint density at radius 1 is 0.978 bits per heavy atom. The zero-order valence-electron chi connectivity index (χ0n) is 23.9. The van der Waals surface area contributed by atoms with Crippen molar-refractivity contribution in [2.45, 2.75) is 61.4 Å². The molecule has 2 saturated carbocycles. The first-order valence-corrected chi connectivity index (χ1v) is 16.9. The fourth-order valence-corrected chi connectivity index (χ4v) is 7.92. The van der Waals surface area contributed by atoms with Crippen molar-refractivity contribution >= 4 is 42.7 Å². The normalized spacial score (nSPS) is 19.5. The number of nitrogens with zero attached hydrogens (tertiary/aromatic N) is 5. The number of ether oxygens (including phenoxy) is 1. The Morgan fingerprint density at radius 3 is 2.36 bits per heavy atom. The SMILES string of the molecule is O=C(NCc1ccc(OC(F)(F)F)cc1)[C@H]1CN(c2nc3nc(C4CC4)ncc3s2)CCN1S(=O)(=O)c1ccc(C2CC2)cc1. The second-order valence-corrected chi connectivity index (χ2v) is 14.4. The number of fused-ring (bicyclic) bond motifs is 1. The summed E-state index contributed by atoms with van der Waals surface area (Å²) in [6, 6.07) is 10.9. The molecule has 1 atom stereocenters. The van der Waals surface area contributed by atoms with Gasteiger partial charge in [-0.1, -0.05) is 35.6 Å². The minimum absolute atomic E-state index is 0.0216. The fourth-order valence-electron chi connectivity index (χ4n) is 5.43. The predicted octanol–water partition coefficient (Wildman–Crippen LogP) is 4.94. The van der Waals surface area contributed by atoms with Gasteiger partial charge in [-0.3, -0.25) is 4.79 Å². The van der Waals surface area contributed by atoms with Crippen LogP contribution in [0.25, 0.3) is 10.3 Å². The molecule has 45 heavy (non-hydrogen) atoms. The molecular weight excluding hydrogens is 629 g/mol. The number of carbonyl (C=O) groups excluding carboxylic acids is 1. The van der Waals surface area contributed by atoms with Gasteiger partial charge in [-0.2, -0.15) is 9.29 Å². The Morgan fingerprint density at radius 2 is 1.69 bits per heavy atom. The van der Waals surface area contributed by atoms with Crippen LogP contribution >= 0.6 is 11.3 Å². The second-order valence-electron chi connectivity index (χ2n) is 11.5. The zero-order chi connectivity index (χ0) is 31.3. The van der Waals surface area contributed by atoms with E-state index in [4.69, 9.17) is 4.98 Å². The molecule has 0 unspecified atom stereocenters. The summed E-state index contributed by atoms with van der Waals surface area (Å²) >= 11 is 1.39. The van der Waals surface area contributed by atoms with Crippen molar-refractivity contribution in [1.82, 2.24) is 24.6 Å². The van der Waals surface area contributed by atoms with Gasteiger partial charge in [-0.15, -0.1) is 13.2 Å². The van der Waals surface area contributed by atoms with E-state index < -0.39 is 28.3 Å². The molecule has 2 aliphatic carbocycles. The van der Waals surface area contributed by atoms with E-state index in [0.717, 1.165) is 53.9 Å². The molecule has 7 rings (SSSR count). The number of anilines is 1. The van der Waals surface area contributed by atoms with Gasteiger partial charge in [0.25, 0.3) is 0 Å². The average molecular weight is 659 g/mol. The van der Waals surface area contributed by atoms with E-state index in [1.165, 1.54) is 27.8 Å². The number of piperazine rings is 1. The van der Waals surface area contributed by atoms with Crippen molar-refractivity contribution in [3.05, 3.63) is 71.7 Å². The number of benzene rings is 2. The van der Waals surface area contributed by atoms with Crippen LogP contribution in [-0.4, -0.2) is 65.6 Å². The average Bonchev–Trinajstić information content (AvgIpc) is 3.96. The molecule has 1 saturated heterocycles. The molecule has 0 radical (unpaired) electrons. The van der Waals surface area contributed by atoms with Crippen molar-refractivity contribution in [3.8, 4) is 5.75 Å². The van der Waals surface area contributed by atoms with E-state index in [2.05, 4.69) is 20.0 Å². The molecule has 0 bridgehead atoms. The number of hydrogen-bond donors (Lipinski definition) is 1. The lowest BCUT2D eigenvalue weighted by molar-refractivity contribution is -0.274. The topological polar surface area (TPSA) is 118 Å². The number of carbonyl (C=O) groups is 1. The molecule has 15 heteroatoms. The van der Waals surface area contributed by atoms with Crippen molar-refractivity contribution in [3.63, 3.8) is 0 Å². The molecule has 0 spiro atoms. The smallest absolute Gasteiger partial charge is 0.406 e. The van der Waals surface area contributed by atoms with E-state index in [1.807, 2.05) is 17.0 Å². The number of hydrogen-bond acceptors (Lipinski definition) is 9. The van der Waals surface area contributed by atoms with Crippen LogP contribution in [0.15, 0.2) is 59.6 Å². The first-order chi connectivity index (χ1) is 21.5. The third-order valence-electron chi connectivity index (χ3n) is 8.16. The molecular formula is C30H29F3N6O4S2. The number of halogens is 3. The van der Waals surface area contributed by atoms with Crippen LogP contribution in [0.2, 0.25) is 0 Å². The summed E-state index contributed by atoms with van der Waals surface area (Å²) in [4.78, 5) is 29.5. The van der Waals surface area contributed by atoms with Crippen LogP contribution < -0.4 is 15.0 Å². The molecule has 1 amide bonds. The van der Waals surface area contributed by atoms with Crippen molar-refractivity contribution in [1.29, 1.82) is 0 Å².